The fourth-order valence-corrected chi connectivity index (χ4v) is 7.29. The van der Waals surface area contributed by atoms with Crippen LogP contribution in [0, 0.1) is 0 Å². The minimum atomic E-state index is 0.843. The summed E-state index contributed by atoms with van der Waals surface area (Å²) in [5, 5.41) is 1.35. The van der Waals surface area contributed by atoms with Crippen molar-refractivity contribution in [1.29, 1.82) is 0 Å². The van der Waals surface area contributed by atoms with E-state index < -0.39 is 0 Å². The van der Waals surface area contributed by atoms with E-state index in [0.717, 1.165) is 26.2 Å². The van der Waals surface area contributed by atoms with Crippen LogP contribution in [0.1, 0.15) is 21.6 Å². The van der Waals surface area contributed by atoms with Crippen molar-refractivity contribution in [2.75, 3.05) is 0 Å². The van der Waals surface area contributed by atoms with E-state index >= 15 is 0 Å². The fraction of sp³-hybridized carbons (Fsp3) is 0.105. The Morgan fingerprint density at radius 1 is 0.419 bits per heavy atom. The largest absolute Gasteiger partial charge is 0.201 e. The minimum Gasteiger partial charge on any atom is -0.201 e. The van der Waals surface area contributed by atoms with Gasteiger partial charge in [-0.2, -0.15) is 4.57 Å². The molecule has 0 N–H and O–H groups in total. The maximum absolute atomic E-state index is 2.32. The van der Waals surface area contributed by atoms with Crippen LogP contribution in [0.3, 0.4) is 0 Å². The summed E-state index contributed by atoms with van der Waals surface area (Å²) in [7, 11) is 0. The van der Waals surface area contributed by atoms with E-state index in [0.29, 0.717) is 0 Å². The van der Waals surface area contributed by atoms with E-state index in [1.54, 1.807) is 0 Å². The molecule has 0 atom stereocenters. The number of benzene rings is 2. The molecule has 0 amide bonds. The van der Waals surface area contributed by atoms with Gasteiger partial charge >= 0.3 is 0 Å². The van der Waals surface area contributed by atoms with Crippen molar-refractivity contribution in [2.24, 2.45) is 0 Å². The van der Waals surface area contributed by atoms with Crippen LogP contribution in [0.2, 0.25) is 0 Å². The molecular formula is C38H32N4S+4. The third kappa shape index (κ3) is 5.36. The molecule has 5 aromatic heterocycles. The molecule has 4 nitrogen and oxygen atoms in total. The standard InChI is InChI=1S/C38H32N4S/c1-2-7-37-35(6-1)36-27-41-20-12-33(13-21-41)31-8-16-39(17-9-31)25-29-4-3-5-30(24-29)26-40-18-10-32(11-19-40)34-14-22-42(23-15-34)28-38(36)43-37/h1-24H,25-28H2/q+4. The predicted molar refractivity (Wildman–Crippen MR) is 169 cm³/mol. The first-order valence-corrected chi connectivity index (χ1v) is 15.6. The second kappa shape index (κ2) is 11.0. The first kappa shape index (κ1) is 25.7. The summed E-state index contributed by atoms with van der Waals surface area (Å²) in [4.78, 5) is 1.40. The lowest BCUT2D eigenvalue weighted by Gasteiger charge is -2.04. The topological polar surface area (TPSA) is 15.5 Å². The molecule has 7 aliphatic heterocycles. The lowest BCUT2D eigenvalue weighted by molar-refractivity contribution is -0.692. The number of hydrogen-bond acceptors (Lipinski definition) is 1. The Morgan fingerprint density at radius 3 is 1.37 bits per heavy atom. The Kier molecular flexibility index (Phi) is 6.58. The predicted octanol–water partition coefficient (Wildman–Crippen LogP) is 5.89. The third-order valence-electron chi connectivity index (χ3n) is 8.40. The molecule has 0 aliphatic carbocycles. The number of pyridine rings is 4. The van der Waals surface area contributed by atoms with Crippen LogP contribution in [-0.4, -0.2) is 0 Å². The molecular weight excluding hydrogens is 545 g/mol. The molecule has 0 fully saturated rings. The van der Waals surface area contributed by atoms with Crippen molar-refractivity contribution >= 4 is 21.4 Å². The number of fused-ring (bicyclic) bond motifs is 1. The molecule has 0 spiro atoms. The SMILES string of the molecule is c1cc2cc(c1)C[n+]1ccc(cc1)-c1cc[n+](cc1)Cc1c(sc3ccccc13)C[n+]1ccc(cc1)-c1cc[n+](cc1)C2. The van der Waals surface area contributed by atoms with E-state index in [-0.39, 0.29) is 0 Å². The normalized spacial score (nSPS) is 12.7. The molecule has 10 bridgehead atoms. The fourth-order valence-electron chi connectivity index (χ4n) is 6.07. The van der Waals surface area contributed by atoms with Gasteiger partial charge in [0.15, 0.2) is 75.8 Å². The second-order valence-corrected chi connectivity index (χ2v) is 12.5. The van der Waals surface area contributed by atoms with Crippen molar-refractivity contribution in [1.82, 2.24) is 0 Å². The summed E-state index contributed by atoms with van der Waals surface area (Å²) in [6.07, 6.45) is 17.6. The Hall–Kier alpha value is -5.00. The van der Waals surface area contributed by atoms with E-state index in [1.165, 1.54) is 53.9 Å². The molecule has 0 unspecified atom stereocenters. The van der Waals surface area contributed by atoms with Gasteiger partial charge in [0.25, 0.3) is 0 Å². The molecule has 206 valence electrons. The van der Waals surface area contributed by atoms with Crippen LogP contribution in [0.4, 0.5) is 0 Å². The third-order valence-corrected chi connectivity index (χ3v) is 9.60. The number of hydrogen-bond donors (Lipinski definition) is 0. The van der Waals surface area contributed by atoms with Crippen LogP contribution in [0.15, 0.2) is 147 Å². The number of aromatic nitrogens is 4. The summed E-state index contributed by atoms with van der Waals surface area (Å²) < 4.78 is 10.4. The van der Waals surface area contributed by atoms with Crippen molar-refractivity contribution < 1.29 is 18.3 Å². The van der Waals surface area contributed by atoms with Crippen LogP contribution in [0.25, 0.3) is 32.3 Å². The zero-order valence-corrected chi connectivity index (χ0v) is 24.7. The quantitative estimate of drug-likeness (QED) is 0.200. The van der Waals surface area contributed by atoms with E-state index in [9.17, 15) is 0 Å². The Morgan fingerprint density at radius 2 is 0.860 bits per heavy atom. The smallest absolute Gasteiger partial charge is 0.183 e. The van der Waals surface area contributed by atoms with Crippen molar-refractivity contribution in [2.45, 2.75) is 26.2 Å². The van der Waals surface area contributed by atoms with E-state index in [4.69, 9.17) is 0 Å². The lowest BCUT2D eigenvalue weighted by atomic mass is 10.1. The minimum absolute atomic E-state index is 0.843. The number of rotatable bonds is 0. The van der Waals surface area contributed by atoms with Crippen LogP contribution in [-0.2, 0) is 26.2 Å². The van der Waals surface area contributed by atoms with Crippen LogP contribution >= 0.6 is 11.3 Å². The zero-order valence-electron chi connectivity index (χ0n) is 23.9. The lowest BCUT2D eigenvalue weighted by Crippen LogP contribution is -2.36. The van der Waals surface area contributed by atoms with Gasteiger partial charge in [-0.3, -0.25) is 0 Å². The van der Waals surface area contributed by atoms with Gasteiger partial charge in [0.05, 0.1) is 4.88 Å². The summed E-state index contributed by atoms with van der Waals surface area (Å²) >= 11 is 1.91. The molecule has 43 heavy (non-hydrogen) atoms. The maximum Gasteiger partial charge on any atom is 0.183 e. The summed E-state index contributed by atoms with van der Waals surface area (Å²) in [5.41, 5.74) is 8.91. The molecule has 14 rings (SSSR count). The number of thiophene rings is 1. The summed E-state index contributed by atoms with van der Waals surface area (Å²) in [6.45, 7) is 3.39. The average Bonchev–Trinajstić information content (AvgIpc) is 3.39. The highest BCUT2D eigenvalue weighted by molar-refractivity contribution is 7.19. The van der Waals surface area contributed by atoms with Gasteiger partial charge < -0.3 is 0 Å². The van der Waals surface area contributed by atoms with Gasteiger partial charge in [-0.25, -0.2) is 13.7 Å². The maximum atomic E-state index is 2.32. The van der Waals surface area contributed by atoms with Crippen molar-refractivity contribution in [3.8, 4) is 22.3 Å². The van der Waals surface area contributed by atoms with E-state index in [2.05, 4.69) is 165 Å². The highest BCUT2D eigenvalue weighted by Crippen LogP contribution is 2.31. The zero-order chi connectivity index (χ0) is 28.6. The van der Waals surface area contributed by atoms with Gasteiger partial charge in [-0.15, -0.1) is 11.3 Å². The molecule has 5 heteroatoms. The first-order chi connectivity index (χ1) is 21.2. The Balaban J connectivity index is 1.20. The van der Waals surface area contributed by atoms with Gasteiger partial charge in [0.1, 0.15) is 0 Å². The molecule has 7 aromatic rings. The highest BCUT2D eigenvalue weighted by atomic mass is 32.1. The average molecular weight is 577 g/mol. The monoisotopic (exact) mass is 576 g/mol. The summed E-state index contributed by atoms with van der Waals surface area (Å²) in [6, 6.07) is 35.5. The molecule has 12 heterocycles. The number of nitrogens with zero attached hydrogens (tertiary/aromatic N) is 4. The van der Waals surface area contributed by atoms with E-state index in [1.807, 2.05) is 11.3 Å². The molecule has 7 aliphatic rings. The molecule has 0 saturated carbocycles. The summed E-state index contributed by atoms with van der Waals surface area (Å²) in [5.74, 6) is 0. The van der Waals surface area contributed by atoms with Gasteiger partial charge in [0.2, 0.25) is 0 Å². The van der Waals surface area contributed by atoms with Gasteiger partial charge in [-0.1, -0.05) is 36.4 Å². The van der Waals surface area contributed by atoms with Gasteiger partial charge in [-0.05, 0) is 34.4 Å². The first-order valence-electron chi connectivity index (χ1n) is 14.8. The van der Waals surface area contributed by atoms with Crippen molar-refractivity contribution in [3.63, 3.8) is 0 Å². The second-order valence-electron chi connectivity index (χ2n) is 11.4. The Bertz CT molecular complexity index is 2040. The van der Waals surface area contributed by atoms with Crippen LogP contribution in [0.5, 0.6) is 0 Å². The Labute approximate surface area is 255 Å². The van der Waals surface area contributed by atoms with Crippen LogP contribution < -0.4 is 18.3 Å². The van der Waals surface area contributed by atoms with Gasteiger partial charge in [0, 0.05) is 75.3 Å². The molecule has 2 aromatic carbocycles. The molecule has 0 saturated heterocycles. The molecule has 0 radical (unpaired) electrons. The van der Waals surface area contributed by atoms with Crippen molar-refractivity contribution in [3.05, 3.63) is 168 Å². The highest BCUT2D eigenvalue weighted by Gasteiger charge is 2.19.